The number of rotatable bonds is 11. The lowest BCUT2D eigenvalue weighted by molar-refractivity contribution is 0.0695. The van der Waals surface area contributed by atoms with E-state index in [1.165, 1.54) is 29.1 Å². The van der Waals surface area contributed by atoms with E-state index in [1.807, 2.05) is 22.4 Å². The summed E-state index contributed by atoms with van der Waals surface area (Å²) < 4.78 is 46.8. The standard InChI is InChI=1S/C24H29NO6S3/c1-33(28,29)21-9-5-18(6-10-21)23(26)16-25(14-13-20-4-3-15-32-20)17-24(27)19-7-11-22(12-8-19)34(2,30)31/h3-12,15,23-24,26-27H,13-14,16-17H2,1-2H3/t23-,24-/m1/s1. The summed E-state index contributed by atoms with van der Waals surface area (Å²) in [5.41, 5.74) is 1.17. The Kier molecular flexibility index (Phi) is 8.66. The van der Waals surface area contributed by atoms with Crippen molar-refractivity contribution in [3.63, 3.8) is 0 Å². The third-order valence-corrected chi connectivity index (χ3v) is 8.70. The lowest BCUT2D eigenvalue weighted by Gasteiger charge is -2.27. The van der Waals surface area contributed by atoms with Crippen LogP contribution in [0.25, 0.3) is 0 Å². The van der Waals surface area contributed by atoms with Crippen molar-refractivity contribution >= 4 is 31.0 Å². The Morgan fingerprint density at radius 3 is 1.56 bits per heavy atom. The Morgan fingerprint density at radius 1 is 0.765 bits per heavy atom. The largest absolute Gasteiger partial charge is 0.387 e. The molecule has 10 heteroatoms. The van der Waals surface area contributed by atoms with E-state index in [0.717, 1.165) is 18.9 Å². The molecule has 3 aromatic rings. The number of hydrogen-bond donors (Lipinski definition) is 2. The van der Waals surface area contributed by atoms with Crippen LogP contribution in [0.1, 0.15) is 28.2 Å². The number of benzene rings is 2. The van der Waals surface area contributed by atoms with Gasteiger partial charge in [0.1, 0.15) is 0 Å². The van der Waals surface area contributed by atoms with Gasteiger partial charge in [0.2, 0.25) is 0 Å². The quantitative estimate of drug-likeness (QED) is 0.397. The van der Waals surface area contributed by atoms with Gasteiger partial charge in [-0.15, -0.1) is 11.3 Å². The fourth-order valence-electron chi connectivity index (χ4n) is 3.55. The van der Waals surface area contributed by atoms with E-state index in [9.17, 15) is 27.0 Å². The summed E-state index contributed by atoms with van der Waals surface area (Å²) in [5.74, 6) is 0. The van der Waals surface area contributed by atoms with Gasteiger partial charge in [0, 0.05) is 37.0 Å². The molecule has 0 aliphatic heterocycles. The van der Waals surface area contributed by atoms with Gasteiger partial charge < -0.3 is 10.2 Å². The first-order chi connectivity index (χ1) is 15.9. The highest BCUT2D eigenvalue weighted by molar-refractivity contribution is 7.91. The zero-order valence-electron chi connectivity index (χ0n) is 19.0. The highest BCUT2D eigenvalue weighted by Gasteiger charge is 2.19. The Labute approximate surface area is 205 Å². The monoisotopic (exact) mass is 523 g/mol. The second kappa shape index (κ2) is 11.1. The van der Waals surface area contributed by atoms with Crippen LogP contribution >= 0.6 is 11.3 Å². The first kappa shape index (κ1) is 26.5. The molecule has 0 aliphatic carbocycles. The molecule has 0 bridgehead atoms. The van der Waals surface area contributed by atoms with E-state index in [1.54, 1.807) is 35.6 Å². The van der Waals surface area contributed by atoms with Gasteiger partial charge in [-0.1, -0.05) is 30.3 Å². The van der Waals surface area contributed by atoms with Crippen LogP contribution in [-0.2, 0) is 26.1 Å². The van der Waals surface area contributed by atoms with Crippen LogP contribution in [0.5, 0.6) is 0 Å². The van der Waals surface area contributed by atoms with Crippen molar-refractivity contribution in [3.8, 4) is 0 Å². The van der Waals surface area contributed by atoms with Gasteiger partial charge in [0.25, 0.3) is 0 Å². The Bertz CT molecular complexity index is 1190. The van der Waals surface area contributed by atoms with Crippen LogP contribution in [0.15, 0.2) is 75.8 Å². The topological polar surface area (TPSA) is 112 Å². The zero-order valence-corrected chi connectivity index (χ0v) is 21.5. The summed E-state index contributed by atoms with van der Waals surface area (Å²) in [7, 11) is -6.65. The molecule has 2 atom stereocenters. The second-order valence-electron chi connectivity index (χ2n) is 8.30. The molecule has 0 spiro atoms. The predicted octanol–water partition coefficient (Wildman–Crippen LogP) is 2.87. The number of aliphatic hydroxyl groups is 2. The van der Waals surface area contributed by atoms with Crippen LogP contribution in [0, 0.1) is 0 Å². The first-order valence-corrected chi connectivity index (χ1v) is 15.3. The van der Waals surface area contributed by atoms with Crippen LogP contribution in [0.4, 0.5) is 0 Å². The minimum Gasteiger partial charge on any atom is -0.387 e. The van der Waals surface area contributed by atoms with E-state index >= 15 is 0 Å². The summed E-state index contributed by atoms with van der Waals surface area (Å²) in [4.78, 5) is 3.50. The average molecular weight is 524 g/mol. The minimum absolute atomic E-state index is 0.186. The molecule has 0 unspecified atom stereocenters. The normalized spacial score (nSPS) is 14.3. The molecular formula is C24H29NO6S3. The number of nitrogens with zero attached hydrogens (tertiary/aromatic N) is 1. The van der Waals surface area contributed by atoms with Crippen molar-refractivity contribution in [2.75, 3.05) is 32.1 Å². The Morgan fingerprint density at radius 2 is 1.21 bits per heavy atom. The van der Waals surface area contributed by atoms with Crippen molar-refractivity contribution in [1.82, 2.24) is 4.90 Å². The third kappa shape index (κ3) is 7.46. The van der Waals surface area contributed by atoms with Crippen LogP contribution in [0.2, 0.25) is 0 Å². The fourth-order valence-corrected chi connectivity index (χ4v) is 5.51. The molecule has 1 heterocycles. The van der Waals surface area contributed by atoms with Gasteiger partial charge in [0.05, 0.1) is 22.0 Å². The number of sulfone groups is 2. The zero-order chi connectivity index (χ0) is 24.9. The summed E-state index contributed by atoms with van der Waals surface area (Å²) >= 11 is 1.64. The van der Waals surface area contributed by atoms with Crippen molar-refractivity contribution in [2.45, 2.75) is 28.4 Å². The summed E-state index contributed by atoms with van der Waals surface area (Å²) in [6.45, 7) is 1.07. The van der Waals surface area contributed by atoms with Crippen molar-refractivity contribution in [1.29, 1.82) is 0 Å². The molecule has 0 aliphatic rings. The lowest BCUT2D eigenvalue weighted by Crippen LogP contribution is -2.34. The maximum atomic E-state index is 11.7. The van der Waals surface area contributed by atoms with E-state index in [0.29, 0.717) is 17.7 Å². The second-order valence-corrected chi connectivity index (χ2v) is 13.4. The minimum atomic E-state index is -3.32. The molecule has 184 valence electrons. The predicted molar refractivity (Wildman–Crippen MR) is 133 cm³/mol. The molecule has 2 N–H and O–H groups in total. The molecular weight excluding hydrogens is 494 g/mol. The number of hydrogen-bond acceptors (Lipinski definition) is 8. The SMILES string of the molecule is CS(=O)(=O)c1ccc([C@H](O)CN(CCc2cccs2)C[C@@H](O)c2ccc(S(C)(=O)=O)cc2)cc1. The Hall–Kier alpha value is -2.08. The molecule has 1 aromatic heterocycles. The van der Waals surface area contributed by atoms with Crippen LogP contribution in [0.3, 0.4) is 0 Å². The highest BCUT2D eigenvalue weighted by Crippen LogP contribution is 2.22. The number of thiophene rings is 1. The lowest BCUT2D eigenvalue weighted by atomic mass is 10.1. The molecule has 2 aromatic carbocycles. The van der Waals surface area contributed by atoms with Gasteiger partial charge in [0.15, 0.2) is 19.7 Å². The van der Waals surface area contributed by atoms with Crippen LogP contribution in [-0.4, -0.2) is 64.1 Å². The summed E-state index contributed by atoms with van der Waals surface area (Å²) in [6.07, 6.45) is 1.26. The van der Waals surface area contributed by atoms with Crippen molar-refractivity contribution in [3.05, 3.63) is 82.0 Å². The molecule has 0 radical (unpaired) electrons. The summed E-state index contributed by atoms with van der Waals surface area (Å²) in [6, 6.07) is 16.3. The summed E-state index contributed by atoms with van der Waals surface area (Å²) in [5, 5.41) is 23.6. The van der Waals surface area contributed by atoms with E-state index < -0.39 is 31.9 Å². The van der Waals surface area contributed by atoms with Gasteiger partial charge >= 0.3 is 0 Å². The smallest absolute Gasteiger partial charge is 0.175 e. The van der Waals surface area contributed by atoms with Gasteiger partial charge in [-0.05, 0) is 53.3 Å². The molecule has 3 rings (SSSR count). The Balaban J connectivity index is 1.73. The third-order valence-electron chi connectivity index (χ3n) is 5.50. The van der Waals surface area contributed by atoms with E-state index in [4.69, 9.17) is 0 Å². The van der Waals surface area contributed by atoms with Crippen molar-refractivity contribution < 1.29 is 27.0 Å². The van der Waals surface area contributed by atoms with E-state index in [2.05, 4.69) is 0 Å². The van der Waals surface area contributed by atoms with Gasteiger partial charge in [-0.3, -0.25) is 4.90 Å². The number of aliphatic hydroxyl groups excluding tert-OH is 2. The molecule has 7 nitrogen and oxygen atoms in total. The highest BCUT2D eigenvalue weighted by atomic mass is 32.2. The molecule has 0 fully saturated rings. The van der Waals surface area contributed by atoms with Gasteiger partial charge in [-0.2, -0.15) is 0 Å². The van der Waals surface area contributed by atoms with Crippen molar-refractivity contribution in [2.24, 2.45) is 0 Å². The fraction of sp³-hybridized carbons (Fsp3) is 0.333. The first-order valence-electron chi connectivity index (χ1n) is 10.6. The molecule has 0 amide bonds. The van der Waals surface area contributed by atoms with E-state index in [-0.39, 0.29) is 22.9 Å². The van der Waals surface area contributed by atoms with Crippen LogP contribution < -0.4 is 0 Å². The maximum Gasteiger partial charge on any atom is 0.175 e. The molecule has 34 heavy (non-hydrogen) atoms. The van der Waals surface area contributed by atoms with Gasteiger partial charge in [-0.25, -0.2) is 16.8 Å². The average Bonchev–Trinajstić information content (AvgIpc) is 3.30. The molecule has 0 saturated heterocycles. The maximum absolute atomic E-state index is 11.7. The molecule has 0 saturated carbocycles.